The minimum absolute atomic E-state index is 0.0685. The van der Waals surface area contributed by atoms with Crippen LogP contribution in [0.15, 0.2) is 11.3 Å². The summed E-state index contributed by atoms with van der Waals surface area (Å²) in [5, 5.41) is 43.1. The fourth-order valence-corrected chi connectivity index (χ4v) is 5.54. The molecular weight excluding hydrogens is 384 g/mol. The Bertz CT molecular complexity index is 742. The Morgan fingerprint density at radius 2 is 1.45 bits per heavy atom. The molecule has 1 aliphatic rings. The smallest absolute Gasteiger partial charge is 0.335 e. The van der Waals surface area contributed by atoms with Gasteiger partial charge in [-0.3, -0.25) is 9.59 Å². The van der Waals surface area contributed by atoms with Crippen LogP contribution in [-0.2, 0) is 19.2 Å². The molecule has 0 fully saturated rings. The lowest BCUT2D eigenvalue weighted by Gasteiger charge is -2.63. The summed E-state index contributed by atoms with van der Waals surface area (Å²) in [6, 6.07) is 0. The standard InChI is InChI=1S/C19H30N2O8/c1-6-17(15(26)27)18(7-2,20-5)13(14(24)25)11(10-12(22)23)21(9-4)19(17,8-3)16(28)29/h20H,6-10H2,1-5H3,(H,22,23)(H,24,25)(H,26,27)(H,28,29). The van der Waals surface area contributed by atoms with Crippen LogP contribution >= 0.6 is 0 Å². The molecular formula is C19H30N2O8. The highest BCUT2D eigenvalue weighted by Crippen LogP contribution is 2.59. The van der Waals surface area contributed by atoms with Crippen molar-refractivity contribution in [1.29, 1.82) is 0 Å². The highest BCUT2D eigenvalue weighted by Gasteiger charge is 2.75. The first kappa shape index (κ1) is 24.4. The van der Waals surface area contributed by atoms with E-state index in [1.54, 1.807) is 13.8 Å². The third-order valence-electron chi connectivity index (χ3n) is 6.50. The molecule has 0 bridgehead atoms. The molecule has 1 rings (SSSR count). The van der Waals surface area contributed by atoms with Crippen LogP contribution in [0.4, 0.5) is 0 Å². The number of carboxylic acid groups (broad SMARTS) is 4. The molecule has 10 nitrogen and oxygen atoms in total. The Balaban J connectivity index is 4.46. The zero-order valence-electron chi connectivity index (χ0n) is 17.4. The second-order valence-corrected chi connectivity index (χ2v) is 7.03. The summed E-state index contributed by atoms with van der Waals surface area (Å²) in [5.41, 5.74) is -6.58. The van der Waals surface area contributed by atoms with Gasteiger partial charge in [0.25, 0.3) is 0 Å². The maximum atomic E-state index is 12.8. The van der Waals surface area contributed by atoms with E-state index in [0.717, 1.165) is 4.90 Å². The van der Waals surface area contributed by atoms with Gasteiger partial charge in [0, 0.05) is 12.2 Å². The van der Waals surface area contributed by atoms with Crippen molar-refractivity contribution < 1.29 is 39.6 Å². The van der Waals surface area contributed by atoms with Crippen molar-refractivity contribution in [2.75, 3.05) is 13.6 Å². The highest BCUT2D eigenvalue weighted by molar-refractivity contribution is 5.99. The Morgan fingerprint density at radius 1 is 0.897 bits per heavy atom. The molecule has 1 heterocycles. The molecule has 0 saturated heterocycles. The van der Waals surface area contributed by atoms with Crippen LogP contribution in [-0.4, -0.2) is 73.9 Å². The molecule has 29 heavy (non-hydrogen) atoms. The summed E-state index contributed by atoms with van der Waals surface area (Å²) in [4.78, 5) is 50.7. The minimum Gasteiger partial charge on any atom is -0.481 e. The Hall–Kier alpha value is -2.62. The molecule has 3 unspecified atom stereocenters. The minimum atomic E-state index is -2.09. The molecule has 164 valence electrons. The lowest BCUT2D eigenvalue weighted by atomic mass is 9.49. The van der Waals surface area contributed by atoms with E-state index in [1.807, 2.05) is 0 Å². The number of likely N-dealkylation sites (N-methyl/N-ethyl adjacent to an activating group) is 2. The fourth-order valence-electron chi connectivity index (χ4n) is 5.54. The summed E-state index contributed by atoms with van der Waals surface area (Å²) in [5.74, 6) is -5.71. The summed E-state index contributed by atoms with van der Waals surface area (Å²) < 4.78 is 0. The van der Waals surface area contributed by atoms with Gasteiger partial charge in [-0.05, 0) is 33.2 Å². The average molecular weight is 414 g/mol. The van der Waals surface area contributed by atoms with Crippen molar-refractivity contribution in [3.05, 3.63) is 11.3 Å². The Kier molecular flexibility index (Phi) is 7.07. The molecule has 10 heteroatoms. The van der Waals surface area contributed by atoms with E-state index in [1.165, 1.54) is 20.9 Å². The van der Waals surface area contributed by atoms with E-state index in [-0.39, 0.29) is 31.5 Å². The van der Waals surface area contributed by atoms with Crippen molar-refractivity contribution in [2.45, 2.75) is 64.5 Å². The fraction of sp³-hybridized carbons (Fsp3) is 0.684. The van der Waals surface area contributed by atoms with Crippen molar-refractivity contribution in [2.24, 2.45) is 5.41 Å². The van der Waals surface area contributed by atoms with Crippen molar-refractivity contribution >= 4 is 23.9 Å². The van der Waals surface area contributed by atoms with Gasteiger partial charge in [0.2, 0.25) is 0 Å². The van der Waals surface area contributed by atoms with E-state index >= 15 is 0 Å². The van der Waals surface area contributed by atoms with Crippen LogP contribution in [0.25, 0.3) is 0 Å². The zero-order valence-corrected chi connectivity index (χ0v) is 17.4. The highest BCUT2D eigenvalue weighted by atomic mass is 16.4. The lowest BCUT2D eigenvalue weighted by molar-refractivity contribution is -0.191. The van der Waals surface area contributed by atoms with E-state index in [9.17, 15) is 39.6 Å². The second-order valence-electron chi connectivity index (χ2n) is 7.03. The van der Waals surface area contributed by atoms with Gasteiger partial charge >= 0.3 is 23.9 Å². The predicted octanol–water partition coefficient (Wildman–Crippen LogP) is 1.22. The van der Waals surface area contributed by atoms with Crippen LogP contribution in [0.3, 0.4) is 0 Å². The van der Waals surface area contributed by atoms with E-state index in [4.69, 9.17) is 0 Å². The largest absolute Gasteiger partial charge is 0.481 e. The van der Waals surface area contributed by atoms with Crippen molar-refractivity contribution in [3.8, 4) is 0 Å². The summed E-state index contributed by atoms with van der Waals surface area (Å²) in [6.07, 6.45) is -1.17. The van der Waals surface area contributed by atoms with Gasteiger partial charge < -0.3 is 30.6 Å². The number of nitrogens with zero attached hydrogens (tertiary/aromatic N) is 1. The molecule has 0 amide bonds. The van der Waals surface area contributed by atoms with Gasteiger partial charge in [0.15, 0.2) is 5.54 Å². The molecule has 1 aliphatic heterocycles. The third-order valence-corrected chi connectivity index (χ3v) is 6.50. The summed E-state index contributed by atoms with van der Waals surface area (Å²) in [6.45, 7) is 6.07. The first-order valence-electron chi connectivity index (χ1n) is 9.57. The first-order valence-corrected chi connectivity index (χ1v) is 9.57. The first-order chi connectivity index (χ1) is 13.4. The van der Waals surface area contributed by atoms with Gasteiger partial charge in [0.1, 0.15) is 5.41 Å². The maximum Gasteiger partial charge on any atom is 0.335 e. The van der Waals surface area contributed by atoms with Crippen LogP contribution in [0.5, 0.6) is 0 Å². The molecule has 0 radical (unpaired) electrons. The maximum absolute atomic E-state index is 12.8. The predicted molar refractivity (Wildman–Crippen MR) is 102 cm³/mol. The van der Waals surface area contributed by atoms with Crippen LogP contribution < -0.4 is 5.32 Å². The molecule has 0 saturated carbocycles. The van der Waals surface area contributed by atoms with Gasteiger partial charge in [-0.2, -0.15) is 0 Å². The second kappa shape index (κ2) is 8.40. The number of hydrogen-bond donors (Lipinski definition) is 5. The molecule has 0 aromatic carbocycles. The van der Waals surface area contributed by atoms with Gasteiger partial charge in [0.05, 0.1) is 17.5 Å². The number of hydrogen-bond acceptors (Lipinski definition) is 6. The van der Waals surface area contributed by atoms with Gasteiger partial charge in [-0.15, -0.1) is 0 Å². The number of aliphatic carboxylic acids is 4. The van der Waals surface area contributed by atoms with E-state index < -0.39 is 52.4 Å². The van der Waals surface area contributed by atoms with E-state index in [0.29, 0.717) is 0 Å². The zero-order chi connectivity index (χ0) is 22.8. The Morgan fingerprint density at radius 3 is 1.69 bits per heavy atom. The topological polar surface area (TPSA) is 164 Å². The number of carboxylic acids is 4. The molecule has 0 aliphatic carbocycles. The van der Waals surface area contributed by atoms with Crippen molar-refractivity contribution in [3.63, 3.8) is 0 Å². The number of carbonyl (C=O) groups is 4. The molecule has 0 aromatic rings. The average Bonchev–Trinajstić information content (AvgIpc) is 2.64. The summed E-state index contributed by atoms with van der Waals surface area (Å²) >= 11 is 0. The number of rotatable bonds is 10. The van der Waals surface area contributed by atoms with Crippen LogP contribution in [0, 0.1) is 5.41 Å². The normalized spacial score (nSPS) is 29.6. The van der Waals surface area contributed by atoms with Crippen LogP contribution in [0.2, 0.25) is 0 Å². The molecule has 3 atom stereocenters. The lowest BCUT2D eigenvalue weighted by Crippen LogP contribution is -2.80. The number of nitrogens with one attached hydrogen (secondary N) is 1. The monoisotopic (exact) mass is 414 g/mol. The molecule has 0 aromatic heterocycles. The van der Waals surface area contributed by atoms with E-state index in [2.05, 4.69) is 5.32 Å². The van der Waals surface area contributed by atoms with Gasteiger partial charge in [-0.25, -0.2) is 9.59 Å². The molecule has 0 spiro atoms. The third kappa shape index (κ3) is 2.88. The Labute approximate surface area is 169 Å². The summed E-state index contributed by atoms with van der Waals surface area (Å²) in [7, 11) is 1.38. The van der Waals surface area contributed by atoms with Crippen molar-refractivity contribution in [1.82, 2.24) is 10.2 Å². The quantitative estimate of drug-likeness (QED) is 0.351. The van der Waals surface area contributed by atoms with Gasteiger partial charge in [-0.1, -0.05) is 20.8 Å². The van der Waals surface area contributed by atoms with Crippen LogP contribution in [0.1, 0.15) is 53.4 Å². The SMILES string of the molecule is CCN1C(CC(=O)O)=C(C(=O)O)C(CC)(NC)C(CC)(C(=O)O)C1(CC)C(=O)O. The molecule has 5 N–H and O–H groups in total.